The van der Waals surface area contributed by atoms with Crippen molar-refractivity contribution in [2.75, 3.05) is 18.9 Å². The van der Waals surface area contributed by atoms with Gasteiger partial charge in [-0.05, 0) is 62.6 Å². The summed E-state index contributed by atoms with van der Waals surface area (Å²) in [5.74, 6) is 1.35. The van der Waals surface area contributed by atoms with Gasteiger partial charge in [-0.15, -0.1) is 0 Å². The Hall–Kier alpha value is -2.69. The van der Waals surface area contributed by atoms with E-state index in [0.29, 0.717) is 42.2 Å². The average molecular weight is 357 g/mol. The van der Waals surface area contributed by atoms with Crippen LogP contribution in [0.15, 0.2) is 36.4 Å². The lowest BCUT2D eigenvalue weighted by Crippen LogP contribution is -2.05. The molecule has 0 spiro atoms. The molecule has 2 aromatic carbocycles. The summed E-state index contributed by atoms with van der Waals surface area (Å²) in [5, 5.41) is 10.3. The maximum absolute atomic E-state index is 11.6. The van der Waals surface area contributed by atoms with Gasteiger partial charge in [0.05, 0.1) is 18.8 Å². The van der Waals surface area contributed by atoms with E-state index in [1.54, 1.807) is 12.1 Å². The molecule has 0 aliphatic carbocycles. The number of hydrogen-bond donors (Lipinski definition) is 2. The molecule has 0 aromatic heterocycles. The smallest absolute Gasteiger partial charge is 0.163 e. The number of hydrogen-bond acceptors (Lipinski definition) is 5. The molecule has 0 amide bonds. The number of unbranched alkanes of at least 4 members (excludes halogenated alkanes) is 1. The number of ether oxygens (including phenoxy) is 2. The highest BCUT2D eigenvalue weighted by Gasteiger charge is 2.15. The Morgan fingerprint density at radius 3 is 2.31 bits per heavy atom. The second-order valence-electron chi connectivity index (χ2n) is 6.22. The number of Topliss-reactive ketones (excluding diaryl/α,β-unsaturated/α-hetero) is 1. The van der Waals surface area contributed by atoms with Crippen LogP contribution in [0.1, 0.15) is 49.0 Å². The van der Waals surface area contributed by atoms with Crippen LogP contribution in [0.3, 0.4) is 0 Å². The van der Waals surface area contributed by atoms with E-state index in [9.17, 15) is 9.90 Å². The van der Waals surface area contributed by atoms with Gasteiger partial charge >= 0.3 is 0 Å². The van der Waals surface area contributed by atoms with Crippen LogP contribution in [0.2, 0.25) is 0 Å². The zero-order valence-electron chi connectivity index (χ0n) is 15.5. The fourth-order valence-electron chi connectivity index (χ4n) is 2.67. The molecule has 5 nitrogen and oxygen atoms in total. The summed E-state index contributed by atoms with van der Waals surface area (Å²) in [7, 11) is 0. The molecule has 0 aliphatic heterocycles. The second kappa shape index (κ2) is 9.70. The van der Waals surface area contributed by atoms with Crippen molar-refractivity contribution in [3.63, 3.8) is 0 Å². The summed E-state index contributed by atoms with van der Waals surface area (Å²) in [5.41, 5.74) is 7.41. The Bertz CT molecular complexity index is 726. The van der Waals surface area contributed by atoms with Gasteiger partial charge in [0, 0.05) is 11.3 Å². The topological polar surface area (TPSA) is 81.8 Å². The fraction of sp³-hybridized carbons (Fsp3) is 0.381. The number of phenolic OH excluding ortho intramolecular Hbond substituents is 1. The molecule has 0 saturated carbocycles. The molecule has 2 aromatic rings. The number of nitrogens with two attached hydrogens (primary N) is 1. The van der Waals surface area contributed by atoms with Crippen molar-refractivity contribution in [1.82, 2.24) is 0 Å². The standard InChI is InChI=1S/C21H27NO4/c1-3-6-19-20(12-11-18(15(2)23)21(19)24)26-14-5-4-13-25-17-9-7-16(22)8-10-17/h7-12,24H,3-6,13-14,22H2,1-2H3. The molecular weight excluding hydrogens is 330 g/mol. The summed E-state index contributed by atoms with van der Waals surface area (Å²) in [6.07, 6.45) is 3.21. The summed E-state index contributed by atoms with van der Waals surface area (Å²) >= 11 is 0. The minimum absolute atomic E-state index is 0.0449. The zero-order valence-corrected chi connectivity index (χ0v) is 15.5. The normalized spacial score (nSPS) is 10.5. The molecule has 0 bridgehead atoms. The van der Waals surface area contributed by atoms with Crippen molar-refractivity contribution in [3.8, 4) is 17.2 Å². The number of carbonyl (C=O) groups is 1. The van der Waals surface area contributed by atoms with E-state index in [-0.39, 0.29) is 11.5 Å². The number of rotatable bonds is 10. The summed E-state index contributed by atoms with van der Waals surface area (Å²) in [4.78, 5) is 11.6. The zero-order chi connectivity index (χ0) is 18.9. The van der Waals surface area contributed by atoms with Crippen LogP contribution in [0.5, 0.6) is 17.2 Å². The van der Waals surface area contributed by atoms with Crippen molar-refractivity contribution < 1.29 is 19.4 Å². The van der Waals surface area contributed by atoms with Crippen LogP contribution in [-0.2, 0) is 6.42 Å². The van der Waals surface area contributed by atoms with Gasteiger partial charge in [-0.3, -0.25) is 4.79 Å². The van der Waals surface area contributed by atoms with Crippen LogP contribution >= 0.6 is 0 Å². The highest BCUT2D eigenvalue weighted by molar-refractivity contribution is 5.97. The first-order valence-electron chi connectivity index (χ1n) is 8.99. The van der Waals surface area contributed by atoms with Gasteiger partial charge in [-0.25, -0.2) is 0 Å². The molecule has 0 radical (unpaired) electrons. The Labute approximate surface area is 154 Å². The van der Waals surface area contributed by atoms with E-state index in [4.69, 9.17) is 15.2 Å². The molecule has 2 rings (SSSR count). The van der Waals surface area contributed by atoms with E-state index in [2.05, 4.69) is 0 Å². The van der Waals surface area contributed by atoms with Crippen molar-refractivity contribution in [2.24, 2.45) is 0 Å². The first-order valence-corrected chi connectivity index (χ1v) is 8.99. The minimum Gasteiger partial charge on any atom is -0.507 e. The fourth-order valence-corrected chi connectivity index (χ4v) is 2.67. The predicted octanol–water partition coefficient (Wildman–Crippen LogP) is 4.37. The molecule has 0 saturated heterocycles. The van der Waals surface area contributed by atoms with Crippen LogP contribution in [-0.4, -0.2) is 24.1 Å². The van der Waals surface area contributed by atoms with Gasteiger partial charge in [-0.2, -0.15) is 0 Å². The van der Waals surface area contributed by atoms with E-state index in [1.165, 1.54) is 6.92 Å². The quantitative estimate of drug-likeness (QED) is 0.375. The third-order valence-corrected chi connectivity index (χ3v) is 4.06. The van der Waals surface area contributed by atoms with Crippen LogP contribution in [0, 0.1) is 0 Å². The number of carbonyl (C=O) groups excluding carboxylic acids is 1. The van der Waals surface area contributed by atoms with Crippen molar-refractivity contribution in [1.29, 1.82) is 0 Å². The number of ketones is 1. The molecule has 140 valence electrons. The maximum atomic E-state index is 11.6. The van der Waals surface area contributed by atoms with Gasteiger partial charge in [0.25, 0.3) is 0 Å². The number of aromatic hydroxyl groups is 1. The molecule has 26 heavy (non-hydrogen) atoms. The molecule has 0 unspecified atom stereocenters. The molecule has 0 atom stereocenters. The monoisotopic (exact) mass is 357 g/mol. The van der Waals surface area contributed by atoms with Crippen LogP contribution < -0.4 is 15.2 Å². The van der Waals surface area contributed by atoms with Crippen LogP contribution in [0.25, 0.3) is 0 Å². The largest absolute Gasteiger partial charge is 0.507 e. The first kappa shape index (κ1) is 19.6. The minimum atomic E-state index is -0.147. The number of nitrogen functional groups attached to an aromatic ring is 1. The van der Waals surface area contributed by atoms with Gasteiger partial charge in [0.15, 0.2) is 5.78 Å². The molecule has 0 heterocycles. The lowest BCUT2D eigenvalue weighted by molar-refractivity contribution is 0.101. The van der Waals surface area contributed by atoms with E-state index < -0.39 is 0 Å². The van der Waals surface area contributed by atoms with E-state index in [1.807, 2.05) is 31.2 Å². The molecule has 5 heteroatoms. The first-order chi connectivity index (χ1) is 12.5. The third-order valence-electron chi connectivity index (χ3n) is 4.06. The number of anilines is 1. The Kier molecular flexibility index (Phi) is 7.33. The Balaban J connectivity index is 1.82. The average Bonchev–Trinajstić information content (AvgIpc) is 2.62. The highest BCUT2D eigenvalue weighted by atomic mass is 16.5. The lowest BCUT2D eigenvalue weighted by atomic mass is 10.0. The SMILES string of the molecule is CCCc1c(OCCCCOc2ccc(N)cc2)ccc(C(C)=O)c1O. The Morgan fingerprint density at radius 2 is 1.69 bits per heavy atom. The molecular formula is C21H27NO4. The predicted molar refractivity (Wildman–Crippen MR) is 103 cm³/mol. The highest BCUT2D eigenvalue weighted by Crippen LogP contribution is 2.33. The van der Waals surface area contributed by atoms with Gasteiger partial charge in [0.2, 0.25) is 0 Å². The van der Waals surface area contributed by atoms with Gasteiger partial charge in [0.1, 0.15) is 17.2 Å². The number of benzene rings is 2. The molecule has 0 fully saturated rings. The van der Waals surface area contributed by atoms with Crippen LogP contribution in [0.4, 0.5) is 5.69 Å². The maximum Gasteiger partial charge on any atom is 0.163 e. The van der Waals surface area contributed by atoms with E-state index in [0.717, 1.165) is 25.0 Å². The lowest BCUT2D eigenvalue weighted by Gasteiger charge is -2.14. The second-order valence-corrected chi connectivity index (χ2v) is 6.22. The van der Waals surface area contributed by atoms with Gasteiger partial charge in [-0.1, -0.05) is 13.3 Å². The summed E-state index contributed by atoms with van der Waals surface area (Å²) < 4.78 is 11.5. The third kappa shape index (κ3) is 5.41. The van der Waals surface area contributed by atoms with Gasteiger partial charge < -0.3 is 20.3 Å². The summed E-state index contributed by atoms with van der Waals surface area (Å²) in [6.45, 7) is 4.61. The summed E-state index contributed by atoms with van der Waals surface area (Å²) in [6, 6.07) is 10.7. The van der Waals surface area contributed by atoms with Crippen molar-refractivity contribution in [3.05, 3.63) is 47.5 Å². The number of phenols is 1. The molecule has 0 aliphatic rings. The van der Waals surface area contributed by atoms with Crippen molar-refractivity contribution in [2.45, 2.75) is 39.5 Å². The van der Waals surface area contributed by atoms with E-state index >= 15 is 0 Å². The molecule has 3 N–H and O–H groups in total. The van der Waals surface area contributed by atoms with Crippen molar-refractivity contribution >= 4 is 11.5 Å². The Morgan fingerprint density at radius 1 is 1.04 bits per heavy atom.